The molecule has 0 amide bonds. The van der Waals surface area contributed by atoms with Crippen molar-refractivity contribution in [2.24, 2.45) is 0 Å². The molecule has 6 heteroatoms. The molecule has 0 atom stereocenters. The van der Waals surface area contributed by atoms with Crippen LogP contribution in [0.4, 0.5) is 5.69 Å². The molecular formula is C13H21N3O2S. The van der Waals surface area contributed by atoms with Crippen molar-refractivity contribution in [2.75, 3.05) is 39.0 Å². The highest BCUT2D eigenvalue weighted by Crippen LogP contribution is 2.21. The number of rotatable bonds is 2. The molecular weight excluding hydrogens is 262 g/mol. The second-order valence-corrected chi connectivity index (χ2v) is 7.02. The van der Waals surface area contributed by atoms with Crippen LogP contribution in [0.25, 0.3) is 0 Å². The molecule has 2 N–H and O–H groups in total. The SMILES string of the molecule is Cc1ccc(S(=O)(=O)N2CCCN(C)CC2)cc1N. The van der Waals surface area contributed by atoms with E-state index in [0.29, 0.717) is 23.7 Å². The van der Waals surface area contributed by atoms with Gasteiger partial charge in [0.1, 0.15) is 0 Å². The van der Waals surface area contributed by atoms with Crippen LogP contribution in [0, 0.1) is 6.92 Å². The molecule has 2 rings (SSSR count). The highest BCUT2D eigenvalue weighted by Gasteiger charge is 2.26. The Bertz CT molecular complexity index is 557. The summed E-state index contributed by atoms with van der Waals surface area (Å²) in [6, 6.07) is 4.95. The normalized spacial score (nSPS) is 19.3. The lowest BCUT2D eigenvalue weighted by atomic mass is 10.2. The number of hydrogen-bond acceptors (Lipinski definition) is 4. The topological polar surface area (TPSA) is 66.6 Å². The number of benzene rings is 1. The van der Waals surface area contributed by atoms with E-state index < -0.39 is 10.0 Å². The lowest BCUT2D eigenvalue weighted by Crippen LogP contribution is -2.34. The molecule has 106 valence electrons. The van der Waals surface area contributed by atoms with Crippen molar-refractivity contribution in [3.63, 3.8) is 0 Å². The Kier molecular flexibility index (Phi) is 4.13. The third-order valence-electron chi connectivity index (χ3n) is 3.57. The van der Waals surface area contributed by atoms with E-state index in [-0.39, 0.29) is 0 Å². The fourth-order valence-electron chi connectivity index (χ4n) is 2.19. The smallest absolute Gasteiger partial charge is 0.243 e. The summed E-state index contributed by atoms with van der Waals surface area (Å²) in [6.07, 6.45) is 0.858. The van der Waals surface area contributed by atoms with Crippen LogP contribution in [0.5, 0.6) is 0 Å². The molecule has 0 unspecified atom stereocenters. The van der Waals surface area contributed by atoms with E-state index in [1.165, 1.54) is 0 Å². The molecule has 1 saturated heterocycles. The molecule has 1 heterocycles. The van der Waals surface area contributed by atoms with E-state index in [1.807, 2.05) is 14.0 Å². The number of nitrogen functional groups attached to an aromatic ring is 1. The van der Waals surface area contributed by atoms with Gasteiger partial charge < -0.3 is 10.6 Å². The maximum Gasteiger partial charge on any atom is 0.243 e. The summed E-state index contributed by atoms with van der Waals surface area (Å²) in [5, 5.41) is 0. The molecule has 0 spiro atoms. The minimum absolute atomic E-state index is 0.292. The summed E-state index contributed by atoms with van der Waals surface area (Å²) < 4.78 is 26.7. The zero-order chi connectivity index (χ0) is 14.0. The zero-order valence-corrected chi connectivity index (χ0v) is 12.3. The van der Waals surface area contributed by atoms with E-state index in [9.17, 15) is 8.42 Å². The summed E-state index contributed by atoms with van der Waals surface area (Å²) in [4.78, 5) is 2.44. The summed E-state index contributed by atoms with van der Waals surface area (Å²) in [6.45, 7) is 4.67. The molecule has 0 saturated carbocycles. The molecule has 1 aromatic carbocycles. The Morgan fingerprint density at radius 1 is 1.16 bits per heavy atom. The van der Waals surface area contributed by atoms with Crippen LogP contribution in [0.3, 0.4) is 0 Å². The van der Waals surface area contributed by atoms with Gasteiger partial charge in [-0.1, -0.05) is 6.07 Å². The fourth-order valence-corrected chi connectivity index (χ4v) is 3.70. The van der Waals surface area contributed by atoms with Gasteiger partial charge in [-0.15, -0.1) is 0 Å². The van der Waals surface area contributed by atoms with Gasteiger partial charge in [-0.2, -0.15) is 4.31 Å². The first-order chi connectivity index (χ1) is 8.91. The zero-order valence-electron chi connectivity index (χ0n) is 11.5. The standard InChI is InChI=1S/C13H21N3O2S/c1-11-4-5-12(10-13(11)14)19(17,18)16-7-3-6-15(2)8-9-16/h4-5,10H,3,6-9,14H2,1-2H3. The van der Waals surface area contributed by atoms with Gasteiger partial charge in [-0.3, -0.25) is 0 Å². The van der Waals surface area contributed by atoms with Crippen molar-refractivity contribution in [1.29, 1.82) is 0 Å². The van der Waals surface area contributed by atoms with Gasteiger partial charge >= 0.3 is 0 Å². The molecule has 1 aromatic rings. The van der Waals surface area contributed by atoms with Crippen LogP contribution in [0.15, 0.2) is 23.1 Å². The third kappa shape index (κ3) is 3.08. The van der Waals surface area contributed by atoms with Gasteiger partial charge in [-0.25, -0.2) is 8.42 Å². The van der Waals surface area contributed by atoms with Crippen molar-refractivity contribution in [3.8, 4) is 0 Å². The van der Waals surface area contributed by atoms with E-state index in [4.69, 9.17) is 5.73 Å². The van der Waals surface area contributed by atoms with Crippen LogP contribution in [0.2, 0.25) is 0 Å². The van der Waals surface area contributed by atoms with Gasteiger partial charge in [0.15, 0.2) is 0 Å². The molecule has 0 aromatic heterocycles. The second kappa shape index (κ2) is 5.48. The first-order valence-corrected chi connectivity index (χ1v) is 7.90. The van der Waals surface area contributed by atoms with Crippen LogP contribution >= 0.6 is 0 Å². The molecule has 0 bridgehead atoms. The van der Waals surface area contributed by atoms with Crippen molar-refractivity contribution in [3.05, 3.63) is 23.8 Å². The van der Waals surface area contributed by atoms with Crippen LogP contribution in [0.1, 0.15) is 12.0 Å². The van der Waals surface area contributed by atoms with Crippen molar-refractivity contribution in [2.45, 2.75) is 18.2 Å². The van der Waals surface area contributed by atoms with E-state index in [1.54, 1.807) is 22.5 Å². The Hall–Kier alpha value is -1.11. The Balaban J connectivity index is 2.28. The van der Waals surface area contributed by atoms with Crippen LogP contribution in [-0.4, -0.2) is 50.8 Å². The monoisotopic (exact) mass is 283 g/mol. The number of likely N-dealkylation sites (N-methyl/N-ethyl adjacent to an activating group) is 1. The maximum absolute atomic E-state index is 12.6. The molecule has 1 fully saturated rings. The molecule has 1 aliphatic rings. The first kappa shape index (κ1) is 14.3. The highest BCUT2D eigenvalue weighted by atomic mass is 32.2. The van der Waals surface area contributed by atoms with E-state index in [2.05, 4.69) is 4.90 Å². The minimum atomic E-state index is -3.42. The number of nitrogens with zero attached hydrogens (tertiary/aromatic N) is 2. The third-order valence-corrected chi connectivity index (χ3v) is 5.46. The quantitative estimate of drug-likeness (QED) is 0.819. The molecule has 5 nitrogen and oxygen atoms in total. The van der Waals surface area contributed by atoms with Crippen molar-refractivity contribution >= 4 is 15.7 Å². The molecule has 1 aliphatic heterocycles. The average Bonchev–Trinajstić information content (AvgIpc) is 2.57. The molecule has 0 aliphatic carbocycles. The van der Waals surface area contributed by atoms with Gasteiger partial charge in [0.05, 0.1) is 4.90 Å². The number of sulfonamides is 1. The van der Waals surface area contributed by atoms with E-state index >= 15 is 0 Å². The average molecular weight is 283 g/mol. The molecule has 19 heavy (non-hydrogen) atoms. The van der Waals surface area contributed by atoms with Gasteiger partial charge in [0, 0.05) is 25.3 Å². The van der Waals surface area contributed by atoms with Crippen LogP contribution < -0.4 is 5.73 Å². The van der Waals surface area contributed by atoms with E-state index in [0.717, 1.165) is 25.1 Å². The highest BCUT2D eigenvalue weighted by molar-refractivity contribution is 7.89. The Morgan fingerprint density at radius 3 is 2.58 bits per heavy atom. The fraction of sp³-hybridized carbons (Fsp3) is 0.538. The summed E-state index contributed by atoms with van der Waals surface area (Å²) >= 11 is 0. The lowest BCUT2D eigenvalue weighted by Gasteiger charge is -2.20. The Morgan fingerprint density at radius 2 is 1.89 bits per heavy atom. The van der Waals surface area contributed by atoms with Gasteiger partial charge in [0.2, 0.25) is 10.0 Å². The minimum Gasteiger partial charge on any atom is -0.398 e. The Labute approximate surface area is 115 Å². The van der Waals surface area contributed by atoms with Crippen molar-refractivity contribution in [1.82, 2.24) is 9.21 Å². The first-order valence-electron chi connectivity index (χ1n) is 6.46. The number of anilines is 1. The van der Waals surface area contributed by atoms with Gasteiger partial charge in [0.25, 0.3) is 0 Å². The summed E-state index contributed by atoms with van der Waals surface area (Å²) in [7, 11) is -1.41. The largest absolute Gasteiger partial charge is 0.398 e. The number of aryl methyl sites for hydroxylation is 1. The summed E-state index contributed by atoms with van der Waals surface area (Å²) in [5.74, 6) is 0. The number of nitrogens with two attached hydrogens (primary N) is 1. The van der Waals surface area contributed by atoms with Crippen molar-refractivity contribution < 1.29 is 8.42 Å². The molecule has 0 radical (unpaired) electrons. The predicted molar refractivity (Wildman–Crippen MR) is 76.5 cm³/mol. The lowest BCUT2D eigenvalue weighted by molar-refractivity contribution is 0.347. The number of hydrogen-bond donors (Lipinski definition) is 1. The maximum atomic E-state index is 12.6. The van der Waals surface area contributed by atoms with Gasteiger partial charge in [-0.05, 0) is 44.6 Å². The predicted octanol–water partition coefficient (Wildman–Crippen LogP) is 0.903. The second-order valence-electron chi connectivity index (χ2n) is 5.08. The van der Waals surface area contributed by atoms with Crippen LogP contribution in [-0.2, 0) is 10.0 Å². The summed E-state index contributed by atoms with van der Waals surface area (Å²) in [5.41, 5.74) is 7.23.